The van der Waals surface area contributed by atoms with Gasteiger partial charge in [0.15, 0.2) is 0 Å². The van der Waals surface area contributed by atoms with Crippen LogP contribution in [0.1, 0.15) is 18.1 Å². The number of fused-ring (bicyclic) bond motifs is 1. The molecule has 1 N–H and O–H groups in total. The molecule has 0 aliphatic heterocycles. The molecule has 78 valence electrons. The van der Waals surface area contributed by atoms with Crippen molar-refractivity contribution < 1.29 is 14.6 Å². The fourth-order valence-electron chi connectivity index (χ4n) is 1.73. The Morgan fingerprint density at radius 2 is 2.20 bits per heavy atom. The van der Waals surface area contributed by atoms with Gasteiger partial charge in [0, 0.05) is 12.0 Å². The van der Waals surface area contributed by atoms with Crippen molar-refractivity contribution in [3.8, 4) is 0 Å². The molecule has 15 heavy (non-hydrogen) atoms. The quantitative estimate of drug-likeness (QED) is 0.750. The Labute approximate surface area is 88.0 Å². The van der Waals surface area contributed by atoms with Crippen molar-refractivity contribution in [3.63, 3.8) is 0 Å². The number of ether oxygens (including phenoxy) is 1. The van der Waals surface area contributed by atoms with Crippen molar-refractivity contribution in [1.29, 1.82) is 0 Å². The summed E-state index contributed by atoms with van der Waals surface area (Å²) in [5.41, 5.74) is 2.07. The third-order valence-electron chi connectivity index (χ3n) is 2.45. The molecule has 3 nitrogen and oxygen atoms in total. The molecule has 1 aliphatic rings. The highest BCUT2D eigenvalue weighted by atomic mass is 16.5. The molecule has 0 unspecified atom stereocenters. The van der Waals surface area contributed by atoms with Crippen molar-refractivity contribution in [3.05, 3.63) is 41.0 Å². The van der Waals surface area contributed by atoms with Gasteiger partial charge >= 0.3 is 5.97 Å². The van der Waals surface area contributed by atoms with Gasteiger partial charge in [-0.05, 0) is 12.5 Å². The van der Waals surface area contributed by atoms with E-state index in [4.69, 9.17) is 4.74 Å². The molecule has 0 bridgehead atoms. The number of hydrogen-bond donors (Lipinski definition) is 1. The Morgan fingerprint density at radius 1 is 1.47 bits per heavy atom. The summed E-state index contributed by atoms with van der Waals surface area (Å²) < 4.78 is 4.87. The first kappa shape index (κ1) is 9.77. The zero-order valence-corrected chi connectivity index (χ0v) is 8.49. The Balaban J connectivity index is 2.33. The number of aliphatic hydroxyl groups excluding tert-OH is 1. The lowest BCUT2D eigenvalue weighted by Crippen LogP contribution is -2.08. The number of benzene rings is 1. The number of carbonyl (C=O) groups excluding carboxylic acids is 1. The summed E-state index contributed by atoms with van der Waals surface area (Å²) in [5, 5.41) is 9.82. The summed E-state index contributed by atoms with van der Waals surface area (Å²) in [6.45, 7) is 2.07. The maximum absolute atomic E-state index is 11.5. The van der Waals surface area contributed by atoms with Crippen LogP contribution in [-0.2, 0) is 16.0 Å². The predicted molar refractivity (Wildman–Crippen MR) is 56.3 cm³/mol. The summed E-state index contributed by atoms with van der Waals surface area (Å²) >= 11 is 0. The molecule has 0 fully saturated rings. The zero-order valence-electron chi connectivity index (χ0n) is 8.49. The second-order valence-corrected chi connectivity index (χ2v) is 3.38. The van der Waals surface area contributed by atoms with Crippen LogP contribution < -0.4 is 0 Å². The van der Waals surface area contributed by atoms with Gasteiger partial charge in [0.25, 0.3) is 0 Å². The van der Waals surface area contributed by atoms with E-state index in [1.54, 1.807) is 13.0 Å². The van der Waals surface area contributed by atoms with Crippen LogP contribution in [0.3, 0.4) is 0 Å². The number of hydrogen-bond acceptors (Lipinski definition) is 3. The topological polar surface area (TPSA) is 46.5 Å². The largest absolute Gasteiger partial charge is 0.507 e. The van der Waals surface area contributed by atoms with Gasteiger partial charge in [0.2, 0.25) is 0 Å². The standard InChI is InChI=1S/C12H12O3/c1-2-15-12(14)10-7-8-5-3-4-6-9(8)11(10)13/h3-6,13H,2,7H2,1H3. The zero-order chi connectivity index (χ0) is 10.8. The van der Waals surface area contributed by atoms with Gasteiger partial charge in [-0.1, -0.05) is 24.3 Å². The van der Waals surface area contributed by atoms with E-state index in [1.807, 2.05) is 18.2 Å². The van der Waals surface area contributed by atoms with E-state index >= 15 is 0 Å². The van der Waals surface area contributed by atoms with E-state index in [9.17, 15) is 9.90 Å². The number of esters is 1. The highest BCUT2D eigenvalue weighted by Crippen LogP contribution is 2.31. The molecule has 0 spiro atoms. The van der Waals surface area contributed by atoms with Crippen LogP contribution >= 0.6 is 0 Å². The highest BCUT2D eigenvalue weighted by molar-refractivity contribution is 5.99. The molecule has 1 aromatic carbocycles. The van der Waals surface area contributed by atoms with E-state index in [2.05, 4.69) is 0 Å². The number of aliphatic hydroxyl groups is 1. The molecule has 0 saturated carbocycles. The van der Waals surface area contributed by atoms with Gasteiger partial charge in [0.05, 0.1) is 12.2 Å². The highest BCUT2D eigenvalue weighted by Gasteiger charge is 2.26. The van der Waals surface area contributed by atoms with Crippen LogP contribution in [0.5, 0.6) is 0 Å². The summed E-state index contributed by atoms with van der Waals surface area (Å²) in [7, 11) is 0. The Bertz CT molecular complexity index is 432. The minimum Gasteiger partial charge on any atom is -0.507 e. The van der Waals surface area contributed by atoms with Crippen molar-refractivity contribution in [1.82, 2.24) is 0 Å². The fourth-order valence-corrected chi connectivity index (χ4v) is 1.73. The average Bonchev–Trinajstić information content (AvgIpc) is 2.57. The van der Waals surface area contributed by atoms with E-state index in [0.29, 0.717) is 18.6 Å². The second kappa shape index (κ2) is 3.77. The molecule has 2 rings (SSSR count). The molecule has 1 aliphatic carbocycles. The first-order valence-electron chi connectivity index (χ1n) is 4.91. The molecule has 0 atom stereocenters. The predicted octanol–water partition coefficient (Wildman–Crippen LogP) is 2.07. The van der Waals surface area contributed by atoms with Crippen LogP contribution in [0.15, 0.2) is 29.8 Å². The lowest BCUT2D eigenvalue weighted by molar-refractivity contribution is -0.138. The average molecular weight is 204 g/mol. The minimum absolute atomic E-state index is 0.0593. The van der Waals surface area contributed by atoms with Crippen LogP contribution in [0.4, 0.5) is 0 Å². The van der Waals surface area contributed by atoms with E-state index in [-0.39, 0.29) is 5.76 Å². The van der Waals surface area contributed by atoms with Crippen molar-refractivity contribution in [2.24, 2.45) is 0 Å². The Hall–Kier alpha value is -1.77. The third kappa shape index (κ3) is 1.61. The molecule has 0 radical (unpaired) electrons. The molecule has 0 amide bonds. The molecule has 0 saturated heterocycles. The van der Waals surface area contributed by atoms with Gasteiger partial charge < -0.3 is 9.84 Å². The Morgan fingerprint density at radius 3 is 2.87 bits per heavy atom. The van der Waals surface area contributed by atoms with Crippen LogP contribution in [0.2, 0.25) is 0 Å². The van der Waals surface area contributed by atoms with E-state index in [1.165, 1.54) is 0 Å². The van der Waals surface area contributed by atoms with E-state index < -0.39 is 5.97 Å². The van der Waals surface area contributed by atoms with E-state index in [0.717, 1.165) is 11.1 Å². The van der Waals surface area contributed by atoms with Crippen molar-refractivity contribution in [2.75, 3.05) is 6.61 Å². The van der Waals surface area contributed by atoms with Crippen LogP contribution in [0.25, 0.3) is 5.76 Å². The summed E-state index contributed by atoms with van der Waals surface area (Å²) in [6.07, 6.45) is 0.459. The molecular weight excluding hydrogens is 192 g/mol. The summed E-state index contributed by atoms with van der Waals surface area (Å²) in [6, 6.07) is 7.43. The van der Waals surface area contributed by atoms with Gasteiger partial charge in [-0.25, -0.2) is 4.79 Å². The lowest BCUT2D eigenvalue weighted by atomic mass is 10.1. The maximum atomic E-state index is 11.5. The fraction of sp³-hybridized carbons (Fsp3) is 0.250. The Kier molecular flexibility index (Phi) is 2.46. The number of rotatable bonds is 2. The summed E-state index contributed by atoms with van der Waals surface area (Å²) in [5.74, 6) is -0.366. The van der Waals surface area contributed by atoms with Crippen molar-refractivity contribution >= 4 is 11.7 Å². The lowest BCUT2D eigenvalue weighted by Gasteiger charge is -2.01. The normalized spacial score (nSPS) is 13.9. The van der Waals surface area contributed by atoms with Gasteiger partial charge in [-0.15, -0.1) is 0 Å². The molecular formula is C12H12O3. The van der Waals surface area contributed by atoms with Gasteiger partial charge in [-0.2, -0.15) is 0 Å². The van der Waals surface area contributed by atoms with Crippen LogP contribution in [-0.4, -0.2) is 17.7 Å². The minimum atomic E-state index is -0.425. The van der Waals surface area contributed by atoms with Gasteiger partial charge in [-0.3, -0.25) is 0 Å². The summed E-state index contributed by atoms with van der Waals surface area (Å²) in [4.78, 5) is 11.5. The maximum Gasteiger partial charge on any atom is 0.338 e. The number of carbonyl (C=O) groups is 1. The van der Waals surface area contributed by atoms with Crippen LogP contribution in [0, 0.1) is 0 Å². The molecule has 0 aromatic heterocycles. The SMILES string of the molecule is CCOC(=O)C1=C(O)c2ccccc2C1. The van der Waals surface area contributed by atoms with Gasteiger partial charge in [0.1, 0.15) is 5.76 Å². The molecule has 3 heteroatoms. The third-order valence-corrected chi connectivity index (χ3v) is 2.45. The van der Waals surface area contributed by atoms with Crippen molar-refractivity contribution in [2.45, 2.75) is 13.3 Å². The molecule has 0 heterocycles. The first-order chi connectivity index (χ1) is 7.24. The molecule has 1 aromatic rings. The smallest absolute Gasteiger partial charge is 0.338 e. The second-order valence-electron chi connectivity index (χ2n) is 3.38. The first-order valence-corrected chi connectivity index (χ1v) is 4.91. The monoisotopic (exact) mass is 204 g/mol.